The molecule has 152 valence electrons. The molecule has 1 aromatic heterocycles. The first kappa shape index (κ1) is 19.1. The number of carbonyl (C=O) groups excluding carboxylic acids is 3. The number of rotatable bonds is 5. The van der Waals surface area contributed by atoms with Gasteiger partial charge in [-0.25, -0.2) is 9.78 Å². The van der Waals surface area contributed by atoms with E-state index in [1.807, 2.05) is 0 Å². The van der Waals surface area contributed by atoms with Crippen LogP contribution >= 0.6 is 0 Å². The Hall–Kier alpha value is -3.23. The number of H-pyrrole nitrogens is 1. The van der Waals surface area contributed by atoms with Crippen LogP contribution in [0, 0.1) is 0 Å². The zero-order valence-electron chi connectivity index (χ0n) is 16.1. The van der Waals surface area contributed by atoms with Gasteiger partial charge in [0, 0.05) is 6.54 Å². The van der Waals surface area contributed by atoms with Gasteiger partial charge in [0.25, 0.3) is 11.5 Å². The van der Waals surface area contributed by atoms with Crippen molar-refractivity contribution in [3.05, 3.63) is 40.4 Å². The number of aromatic nitrogens is 2. The number of nitrogens with one attached hydrogen (secondary N) is 2. The third kappa shape index (κ3) is 3.48. The average molecular weight is 398 g/mol. The van der Waals surface area contributed by atoms with Crippen molar-refractivity contribution < 1.29 is 19.1 Å². The van der Waals surface area contributed by atoms with Crippen molar-refractivity contribution in [3.8, 4) is 0 Å². The molecule has 9 heteroatoms. The maximum Gasteiger partial charge on any atom is 0.325 e. The molecular weight excluding hydrogens is 376 g/mol. The highest BCUT2D eigenvalue weighted by Gasteiger charge is 2.52. The van der Waals surface area contributed by atoms with Gasteiger partial charge in [0.15, 0.2) is 11.9 Å². The Morgan fingerprint density at radius 3 is 2.72 bits per heavy atom. The standard InChI is InChI=1S/C20H22N4O5/c1-12(16-21-14-7-3-2-6-13(14)17(26)22-16)29-15(25)8-11-24-18(27)20(23-19(24)28)9-4-5-10-20/h2-3,6-7,12H,4-5,8-11H2,1H3,(H,23,28)(H,21,22,26)/t12-/m1/s1. The van der Waals surface area contributed by atoms with Gasteiger partial charge in [-0.15, -0.1) is 0 Å². The summed E-state index contributed by atoms with van der Waals surface area (Å²) in [7, 11) is 0. The van der Waals surface area contributed by atoms with Crippen LogP contribution in [0.15, 0.2) is 29.1 Å². The molecule has 1 aliphatic heterocycles. The fourth-order valence-corrected chi connectivity index (χ4v) is 4.01. The molecule has 1 saturated heterocycles. The van der Waals surface area contributed by atoms with Crippen molar-refractivity contribution >= 4 is 28.8 Å². The average Bonchev–Trinajstić information content (AvgIpc) is 3.25. The summed E-state index contributed by atoms with van der Waals surface area (Å²) in [5, 5.41) is 3.23. The molecule has 1 saturated carbocycles. The summed E-state index contributed by atoms with van der Waals surface area (Å²) < 4.78 is 5.35. The molecular formula is C20H22N4O5. The van der Waals surface area contributed by atoms with Crippen LogP contribution in [-0.2, 0) is 14.3 Å². The second kappa shape index (κ2) is 7.31. The number of hydrogen-bond acceptors (Lipinski definition) is 6. The third-order valence-corrected chi connectivity index (χ3v) is 5.57. The van der Waals surface area contributed by atoms with Gasteiger partial charge in [0.05, 0.1) is 17.3 Å². The van der Waals surface area contributed by atoms with Gasteiger partial charge in [-0.1, -0.05) is 25.0 Å². The smallest absolute Gasteiger partial charge is 0.325 e. The van der Waals surface area contributed by atoms with E-state index in [9.17, 15) is 19.2 Å². The van der Waals surface area contributed by atoms with Crippen molar-refractivity contribution in [3.63, 3.8) is 0 Å². The Bertz CT molecular complexity index is 1040. The number of imide groups is 1. The Balaban J connectivity index is 1.38. The Kier molecular flexibility index (Phi) is 4.81. The maximum atomic E-state index is 12.6. The van der Waals surface area contributed by atoms with Crippen LogP contribution in [0.5, 0.6) is 0 Å². The van der Waals surface area contributed by atoms with E-state index in [0.717, 1.165) is 17.7 Å². The van der Waals surface area contributed by atoms with Crippen LogP contribution in [0.1, 0.15) is 51.0 Å². The summed E-state index contributed by atoms with van der Waals surface area (Å²) in [6.07, 6.45) is 2.17. The van der Waals surface area contributed by atoms with E-state index in [2.05, 4.69) is 15.3 Å². The predicted octanol–water partition coefficient (Wildman–Crippen LogP) is 1.78. The number of para-hydroxylation sites is 1. The molecule has 1 spiro atoms. The van der Waals surface area contributed by atoms with E-state index in [1.165, 1.54) is 0 Å². The first-order valence-electron chi connectivity index (χ1n) is 9.72. The topological polar surface area (TPSA) is 121 Å². The molecule has 0 radical (unpaired) electrons. The van der Waals surface area contributed by atoms with Gasteiger partial charge >= 0.3 is 12.0 Å². The summed E-state index contributed by atoms with van der Waals surface area (Å²) in [4.78, 5) is 57.2. The summed E-state index contributed by atoms with van der Waals surface area (Å²) in [5.41, 5.74) is -0.590. The van der Waals surface area contributed by atoms with E-state index < -0.39 is 23.6 Å². The molecule has 2 aromatic rings. The van der Waals surface area contributed by atoms with E-state index in [4.69, 9.17) is 4.74 Å². The van der Waals surface area contributed by atoms with Crippen LogP contribution in [0.3, 0.4) is 0 Å². The number of urea groups is 1. The fourth-order valence-electron chi connectivity index (χ4n) is 4.01. The van der Waals surface area contributed by atoms with Crippen molar-refractivity contribution in [2.75, 3.05) is 6.54 Å². The molecule has 2 N–H and O–H groups in total. The lowest BCUT2D eigenvalue weighted by molar-refractivity contribution is -0.149. The molecule has 2 heterocycles. The lowest BCUT2D eigenvalue weighted by Crippen LogP contribution is -2.44. The zero-order chi connectivity index (χ0) is 20.6. The van der Waals surface area contributed by atoms with Gasteiger partial charge in [0.1, 0.15) is 5.54 Å². The molecule has 3 amide bonds. The molecule has 1 atom stereocenters. The number of fused-ring (bicyclic) bond motifs is 1. The molecule has 2 fully saturated rings. The van der Waals surface area contributed by atoms with Crippen LogP contribution in [0.4, 0.5) is 4.79 Å². The minimum atomic E-state index is -0.789. The first-order valence-corrected chi connectivity index (χ1v) is 9.72. The van der Waals surface area contributed by atoms with Crippen LogP contribution in [0.2, 0.25) is 0 Å². The van der Waals surface area contributed by atoms with Gasteiger partial charge in [-0.05, 0) is 31.9 Å². The monoisotopic (exact) mass is 398 g/mol. The molecule has 9 nitrogen and oxygen atoms in total. The highest BCUT2D eigenvalue weighted by molar-refractivity contribution is 6.07. The van der Waals surface area contributed by atoms with Crippen LogP contribution in [-0.4, -0.2) is 44.9 Å². The Morgan fingerprint density at radius 2 is 1.97 bits per heavy atom. The zero-order valence-corrected chi connectivity index (χ0v) is 16.1. The fraction of sp³-hybridized carbons (Fsp3) is 0.450. The minimum absolute atomic E-state index is 0.0420. The number of aromatic amines is 1. The van der Waals surface area contributed by atoms with Crippen LogP contribution in [0.25, 0.3) is 10.9 Å². The molecule has 29 heavy (non-hydrogen) atoms. The number of nitrogens with zero attached hydrogens (tertiary/aromatic N) is 2. The number of esters is 1. The second-order valence-electron chi connectivity index (χ2n) is 7.53. The number of benzene rings is 1. The van der Waals surface area contributed by atoms with E-state index >= 15 is 0 Å². The lowest BCUT2D eigenvalue weighted by Gasteiger charge is -2.20. The first-order chi connectivity index (χ1) is 13.9. The number of amides is 3. The number of hydrogen-bond donors (Lipinski definition) is 2. The summed E-state index contributed by atoms with van der Waals surface area (Å²) in [6.45, 7) is 1.56. The predicted molar refractivity (Wildman–Crippen MR) is 103 cm³/mol. The van der Waals surface area contributed by atoms with Gasteiger partial charge < -0.3 is 15.0 Å². The SMILES string of the molecule is C[C@@H](OC(=O)CCN1C(=O)NC2(CCCC2)C1=O)c1nc2ccccc2c(=O)[nH]1. The highest BCUT2D eigenvalue weighted by Crippen LogP contribution is 2.35. The molecule has 1 aromatic carbocycles. The second-order valence-corrected chi connectivity index (χ2v) is 7.53. The number of ether oxygens (including phenoxy) is 1. The highest BCUT2D eigenvalue weighted by atomic mass is 16.5. The Labute approximate surface area is 166 Å². The normalized spacial score (nSPS) is 19.0. The van der Waals surface area contributed by atoms with Crippen molar-refractivity contribution in [1.82, 2.24) is 20.2 Å². The minimum Gasteiger partial charge on any atom is -0.454 e. The molecule has 2 aliphatic rings. The van der Waals surface area contributed by atoms with E-state index in [-0.39, 0.29) is 30.3 Å². The molecule has 4 rings (SSSR count). The van der Waals surface area contributed by atoms with Crippen molar-refractivity contribution in [1.29, 1.82) is 0 Å². The van der Waals surface area contributed by atoms with E-state index in [0.29, 0.717) is 23.7 Å². The summed E-state index contributed by atoms with van der Waals surface area (Å²) in [6, 6.07) is 6.42. The maximum absolute atomic E-state index is 12.6. The Morgan fingerprint density at radius 1 is 1.24 bits per heavy atom. The lowest BCUT2D eigenvalue weighted by atomic mass is 9.98. The quantitative estimate of drug-likeness (QED) is 0.585. The third-order valence-electron chi connectivity index (χ3n) is 5.57. The van der Waals surface area contributed by atoms with Gasteiger partial charge in [-0.3, -0.25) is 19.3 Å². The van der Waals surface area contributed by atoms with Crippen molar-refractivity contribution in [2.24, 2.45) is 0 Å². The van der Waals surface area contributed by atoms with Crippen molar-refractivity contribution in [2.45, 2.75) is 50.7 Å². The van der Waals surface area contributed by atoms with Gasteiger partial charge in [-0.2, -0.15) is 0 Å². The molecule has 0 unspecified atom stereocenters. The molecule has 1 aliphatic carbocycles. The molecule has 0 bridgehead atoms. The number of carbonyl (C=O) groups is 3. The van der Waals surface area contributed by atoms with Crippen LogP contribution < -0.4 is 10.9 Å². The largest absolute Gasteiger partial charge is 0.454 e. The van der Waals surface area contributed by atoms with Gasteiger partial charge in [0.2, 0.25) is 0 Å². The summed E-state index contributed by atoms with van der Waals surface area (Å²) >= 11 is 0. The van der Waals surface area contributed by atoms with E-state index in [1.54, 1.807) is 31.2 Å². The summed E-state index contributed by atoms with van der Waals surface area (Å²) in [5.74, 6) is -0.607.